The van der Waals surface area contributed by atoms with E-state index in [1.165, 1.54) is 7.05 Å². The Balaban J connectivity index is 2.05. The standard InChI is InChI=1S/C49H92N18O11/c1-31(2)23-35(44(75)61-25-42(73)63-36(24-38(51)69)43(74)54-5)66-45(76)32(64-47(78)34(12-14-37(50)68)65-46(77)33-13-15-40(71)62-33)9-6-7-16-60-39(70)10-8-11-41(72)67-48(3)26-55-19-21-58-29-49(52,28-57-18-17-53-4)30-59-22-20-56-27-48/h31-36,53,55-59H,6-30,52H2,1-5H3,(H2,50,68)(H2,51,69)(H,54,74)(H,60,70)(H,61,75)(H,62,71)(H,63,73)(H,64,78)(H,65,77)(H,66,76)(H,67,72)/t32-,33-,34-,35-,36-,48?,49?/m0/s1. The predicted octanol–water partition coefficient (Wildman–Crippen LogP) is -7.54. The van der Waals surface area contributed by atoms with Crippen molar-refractivity contribution in [2.24, 2.45) is 23.1 Å². The number of primary amides is 2. The maximum absolute atomic E-state index is 14.1. The highest BCUT2D eigenvalue weighted by molar-refractivity contribution is 5.97. The van der Waals surface area contributed by atoms with Crippen LogP contribution in [0.1, 0.15) is 97.8 Å². The van der Waals surface area contributed by atoms with Crippen LogP contribution in [0.4, 0.5) is 0 Å². The van der Waals surface area contributed by atoms with Gasteiger partial charge in [-0.2, -0.15) is 0 Å². The van der Waals surface area contributed by atoms with E-state index in [4.69, 9.17) is 17.2 Å². The molecular formula is C49H92N18O11. The van der Waals surface area contributed by atoms with Crippen LogP contribution in [-0.4, -0.2) is 205 Å². The minimum absolute atomic E-state index is 0.0268. The zero-order valence-corrected chi connectivity index (χ0v) is 46.4. The van der Waals surface area contributed by atoms with Gasteiger partial charge in [0.05, 0.1) is 24.0 Å². The van der Waals surface area contributed by atoms with Crippen LogP contribution in [0.3, 0.4) is 0 Å². The highest BCUT2D eigenvalue weighted by Gasteiger charge is 2.34. The molecule has 444 valence electrons. The Hall–Kier alpha value is -6.11. The van der Waals surface area contributed by atoms with Gasteiger partial charge in [-0.05, 0) is 64.8 Å². The minimum Gasteiger partial charge on any atom is -0.370 e. The van der Waals surface area contributed by atoms with Gasteiger partial charge in [-0.25, -0.2) is 0 Å². The van der Waals surface area contributed by atoms with E-state index >= 15 is 0 Å². The molecule has 0 aromatic carbocycles. The third kappa shape index (κ3) is 29.0. The number of carbonyl (C=O) groups is 11. The first-order chi connectivity index (χ1) is 37.0. The molecule has 0 unspecified atom stereocenters. The van der Waals surface area contributed by atoms with Crippen molar-refractivity contribution in [1.82, 2.24) is 79.8 Å². The Kier molecular flexibility index (Phi) is 32.2. The Morgan fingerprint density at radius 2 is 1.23 bits per heavy atom. The van der Waals surface area contributed by atoms with Crippen molar-refractivity contribution in [3.05, 3.63) is 0 Å². The molecule has 2 aliphatic rings. The first kappa shape index (κ1) is 68.0. The number of likely N-dealkylation sites (N-methyl/N-ethyl adjacent to an activating group) is 2. The van der Waals surface area contributed by atoms with Crippen molar-refractivity contribution in [2.45, 2.75) is 139 Å². The highest BCUT2D eigenvalue weighted by atomic mass is 16.2. The molecule has 0 aromatic heterocycles. The molecule has 11 amide bonds. The molecule has 0 aliphatic carbocycles. The number of unbranched alkanes of at least 4 members (excludes halogenated alkanes) is 1. The molecule has 0 aromatic rings. The number of rotatable bonds is 33. The molecular weight excluding hydrogens is 1020 g/mol. The van der Waals surface area contributed by atoms with E-state index in [9.17, 15) is 52.7 Å². The Morgan fingerprint density at radius 3 is 1.79 bits per heavy atom. The summed E-state index contributed by atoms with van der Waals surface area (Å²) in [5, 5.41) is 43.6. The summed E-state index contributed by atoms with van der Waals surface area (Å²) >= 11 is 0. The van der Waals surface area contributed by atoms with E-state index in [0.717, 1.165) is 13.1 Å². The third-order valence-electron chi connectivity index (χ3n) is 12.8. The topological polar surface area (TPSA) is 446 Å². The molecule has 0 bridgehead atoms. The monoisotopic (exact) mass is 1110 g/mol. The van der Waals surface area contributed by atoms with E-state index in [0.29, 0.717) is 65.3 Å². The Morgan fingerprint density at radius 1 is 0.628 bits per heavy atom. The van der Waals surface area contributed by atoms with Crippen LogP contribution in [0.5, 0.6) is 0 Å². The van der Waals surface area contributed by atoms with Crippen molar-refractivity contribution in [2.75, 3.05) is 99.2 Å². The summed E-state index contributed by atoms with van der Waals surface area (Å²) in [7, 11) is 3.20. The second kappa shape index (κ2) is 36.9. The molecule has 2 saturated heterocycles. The summed E-state index contributed by atoms with van der Waals surface area (Å²) in [6.45, 7) is 12.3. The predicted molar refractivity (Wildman–Crippen MR) is 290 cm³/mol. The normalized spacial score (nSPS) is 20.7. The molecule has 2 fully saturated rings. The smallest absolute Gasteiger partial charge is 0.243 e. The summed E-state index contributed by atoms with van der Waals surface area (Å²) in [6.07, 6.45) is 0.309. The van der Waals surface area contributed by atoms with Gasteiger partial charge in [0, 0.05) is 111 Å². The fourth-order valence-corrected chi connectivity index (χ4v) is 8.52. The zero-order valence-electron chi connectivity index (χ0n) is 46.4. The Bertz CT molecular complexity index is 1960. The molecule has 0 radical (unpaired) electrons. The summed E-state index contributed by atoms with van der Waals surface area (Å²) in [5.41, 5.74) is 16.2. The maximum Gasteiger partial charge on any atom is 0.243 e. The van der Waals surface area contributed by atoms with Crippen LogP contribution >= 0.6 is 0 Å². The van der Waals surface area contributed by atoms with E-state index < -0.39 is 102 Å². The van der Waals surface area contributed by atoms with Crippen LogP contribution in [0.2, 0.25) is 0 Å². The van der Waals surface area contributed by atoms with Crippen molar-refractivity contribution in [3.8, 4) is 0 Å². The van der Waals surface area contributed by atoms with Gasteiger partial charge in [0.25, 0.3) is 0 Å². The maximum atomic E-state index is 14.1. The average Bonchev–Trinajstić information content (AvgIpc) is 3.82. The first-order valence-electron chi connectivity index (χ1n) is 27.1. The van der Waals surface area contributed by atoms with E-state index in [1.807, 2.05) is 14.0 Å². The number of hydrogen-bond acceptors (Lipinski definition) is 18. The van der Waals surface area contributed by atoms with Crippen LogP contribution in [-0.2, 0) is 52.7 Å². The molecule has 29 nitrogen and oxygen atoms in total. The summed E-state index contributed by atoms with van der Waals surface area (Å²) < 4.78 is 0. The Labute approximate surface area is 457 Å². The second-order valence-electron chi connectivity index (χ2n) is 20.8. The van der Waals surface area contributed by atoms with Crippen LogP contribution in [0, 0.1) is 5.92 Å². The summed E-state index contributed by atoms with van der Waals surface area (Å²) in [4.78, 5) is 141. The van der Waals surface area contributed by atoms with Gasteiger partial charge in [-0.15, -0.1) is 0 Å². The van der Waals surface area contributed by atoms with Gasteiger partial charge >= 0.3 is 0 Å². The number of nitrogens with one attached hydrogen (secondary N) is 15. The molecule has 0 spiro atoms. The number of amides is 11. The fraction of sp³-hybridized carbons (Fsp3) is 0.776. The lowest BCUT2D eigenvalue weighted by atomic mass is 10.00. The van der Waals surface area contributed by atoms with E-state index in [2.05, 4.69) is 79.8 Å². The molecule has 2 heterocycles. The quantitative estimate of drug-likeness (QED) is 0.0272. The lowest BCUT2D eigenvalue weighted by molar-refractivity contribution is -0.135. The summed E-state index contributed by atoms with van der Waals surface area (Å²) in [6, 6.07) is -6.16. The van der Waals surface area contributed by atoms with Crippen molar-refractivity contribution >= 4 is 65.0 Å². The van der Waals surface area contributed by atoms with Gasteiger partial charge in [0.1, 0.15) is 30.2 Å². The zero-order chi connectivity index (χ0) is 58.1. The minimum atomic E-state index is -1.36. The number of carbonyl (C=O) groups excluding carboxylic acids is 11. The molecule has 2 rings (SSSR count). The lowest BCUT2D eigenvalue weighted by Crippen LogP contribution is -2.63. The largest absolute Gasteiger partial charge is 0.370 e. The van der Waals surface area contributed by atoms with Crippen LogP contribution < -0.4 is 97.0 Å². The fourth-order valence-electron chi connectivity index (χ4n) is 8.52. The molecule has 0 saturated carbocycles. The van der Waals surface area contributed by atoms with Gasteiger partial charge in [0.2, 0.25) is 65.0 Å². The van der Waals surface area contributed by atoms with Crippen molar-refractivity contribution < 1.29 is 52.7 Å². The summed E-state index contributed by atoms with van der Waals surface area (Å²) in [5.74, 6) is -7.29. The third-order valence-corrected chi connectivity index (χ3v) is 12.8. The van der Waals surface area contributed by atoms with Crippen molar-refractivity contribution in [3.63, 3.8) is 0 Å². The number of hydrogen-bond donors (Lipinski definition) is 18. The molecule has 21 N–H and O–H groups in total. The molecule has 29 heteroatoms. The van der Waals surface area contributed by atoms with Gasteiger partial charge in [-0.1, -0.05) is 13.8 Å². The SMILES string of the molecule is CNCCNCC1(N)CNCCNCC(C)(NC(=O)CCCC(=O)NCCCC[C@H](NC(=O)[C@H](CCC(N)=O)NC(=O)[C@@H]2CCC(=O)N2)C(=O)N[C@@H](CC(C)C)C(=O)NCC(=O)N[C@@H](CC(N)=O)C(=O)NC)CNCCNC1. The lowest BCUT2D eigenvalue weighted by Gasteiger charge is -2.33. The van der Waals surface area contributed by atoms with Gasteiger partial charge in [-0.3, -0.25) is 52.7 Å². The first-order valence-corrected chi connectivity index (χ1v) is 27.1. The van der Waals surface area contributed by atoms with Crippen molar-refractivity contribution in [1.29, 1.82) is 0 Å². The van der Waals surface area contributed by atoms with E-state index in [-0.39, 0.29) is 94.4 Å². The average molecular weight is 1110 g/mol. The number of nitrogens with two attached hydrogens (primary N) is 3. The molecule has 78 heavy (non-hydrogen) atoms. The second-order valence-corrected chi connectivity index (χ2v) is 20.8. The van der Waals surface area contributed by atoms with Gasteiger partial charge < -0.3 is 97.0 Å². The van der Waals surface area contributed by atoms with Crippen LogP contribution in [0.15, 0.2) is 0 Å². The molecule has 5 atom stereocenters. The van der Waals surface area contributed by atoms with E-state index in [1.54, 1.807) is 13.8 Å². The molecule has 2 aliphatic heterocycles. The van der Waals surface area contributed by atoms with Gasteiger partial charge in [0.15, 0.2) is 0 Å². The highest BCUT2D eigenvalue weighted by Crippen LogP contribution is 2.12. The van der Waals surface area contributed by atoms with Crippen LogP contribution in [0.25, 0.3) is 0 Å².